The van der Waals surface area contributed by atoms with Gasteiger partial charge < -0.3 is 10.2 Å². The van der Waals surface area contributed by atoms with Gasteiger partial charge in [-0.3, -0.25) is 20.2 Å². The zero-order valence-corrected chi connectivity index (χ0v) is 7.48. The zero-order chi connectivity index (χ0) is 12.5. The van der Waals surface area contributed by atoms with Crippen molar-refractivity contribution >= 4 is 17.3 Å². The summed E-state index contributed by atoms with van der Waals surface area (Å²) in [5.41, 5.74) is -2.68. The van der Waals surface area contributed by atoms with E-state index in [0.717, 1.165) is 0 Å². The van der Waals surface area contributed by atoms with Gasteiger partial charge in [-0.25, -0.2) is 4.79 Å². The molecule has 0 atom stereocenters. The van der Waals surface area contributed by atoms with E-state index in [2.05, 4.69) is 0 Å². The van der Waals surface area contributed by atoms with Crippen LogP contribution in [0, 0.1) is 20.2 Å². The summed E-state index contributed by atoms with van der Waals surface area (Å²) in [4.78, 5) is 29.3. The number of carboxylic acids is 1. The van der Waals surface area contributed by atoms with Gasteiger partial charge in [0.2, 0.25) is 0 Å². The highest BCUT2D eigenvalue weighted by Gasteiger charge is 2.27. The molecule has 0 bridgehead atoms. The van der Waals surface area contributed by atoms with Crippen LogP contribution in [0.5, 0.6) is 5.75 Å². The van der Waals surface area contributed by atoms with Gasteiger partial charge in [0.1, 0.15) is 5.56 Å². The molecule has 9 heteroatoms. The molecule has 2 N–H and O–H groups in total. The Morgan fingerprint density at radius 1 is 1.12 bits per heavy atom. The fourth-order valence-electron chi connectivity index (χ4n) is 1.03. The lowest BCUT2D eigenvalue weighted by molar-refractivity contribution is -0.394. The van der Waals surface area contributed by atoms with Gasteiger partial charge in [0, 0.05) is 6.07 Å². The van der Waals surface area contributed by atoms with Gasteiger partial charge in [0.05, 0.1) is 15.9 Å². The van der Waals surface area contributed by atoms with Crippen molar-refractivity contribution in [2.75, 3.05) is 0 Å². The lowest BCUT2D eigenvalue weighted by Gasteiger charge is -2.00. The normalized spacial score (nSPS) is 9.75. The molecule has 84 valence electrons. The summed E-state index contributed by atoms with van der Waals surface area (Å²) in [7, 11) is 0. The number of nitro groups is 2. The maximum Gasteiger partial charge on any atom is 0.342 e. The molecule has 0 fully saturated rings. The van der Waals surface area contributed by atoms with Crippen LogP contribution < -0.4 is 0 Å². The minimum absolute atomic E-state index is 0.402. The van der Waals surface area contributed by atoms with Crippen LogP contribution in [-0.4, -0.2) is 26.0 Å². The third-order valence-corrected chi connectivity index (χ3v) is 1.72. The number of hydrogen-bond acceptors (Lipinski definition) is 6. The quantitative estimate of drug-likeness (QED) is 0.577. The van der Waals surface area contributed by atoms with Crippen molar-refractivity contribution in [3.63, 3.8) is 0 Å². The number of nitro benzene ring substituents is 2. The highest BCUT2D eigenvalue weighted by Crippen LogP contribution is 2.33. The topological polar surface area (TPSA) is 144 Å². The molecule has 9 nitrogen and oxygen atoms in total. The Kier molecular flexibility index (Phi) is 2.70. The van der Waals surface area contributed by atoms with E-state index in [4.69, 9.17) is 10.2 Å². The predicted molar refractivity (Wildman–Crippen MR) is 48.4 cm³/mol. The summed E-state index contributed by atoms with van der Waals surface area (Å²) >= 11 is 0. The average molecular weight is 228 g/mol. The van der Waals surface area contributed by atoms with E-state index in [9.17, 15) is 25.0 Å². The number of aromatic carboxylic acids is 1. The number of phenols is 1. The van der Waals surface area contributed by atoms with Crippen LogP contribution in [0.15, 0.2) is 12.1 Å². The summed E-state index contributed by atoms with van der Waals surface area (Å²) in [6.45, 7) is 0. The van der Waals surface area contributed by atoms with Crippen LogP contribution in [0.2, 0.25) is 0 Å². The summed E-state index contributed by atoms with van der Waals surface area (Å²) in [6.07, 6.45) is 0. The van der Waals surface area contributed by atoms with Crippen molar-refractivity contribution in [1.82, 2.24) is 0 Å². The molecule has 1 aromatic rings. The Bertz CT molecular complexity index is 496. The molecule has 0 aromatic heterocycles. The molecular formula is C7H4N2O7. The molecule has 16 heavy (non-hydrogen) atoms. The molecule has 0 saturated carbocycles. The second-order valence-corrected chi connectivity index (χ2v) is 2.68. The van der Waals surface area contributed by atoms with Gasteiger partial charge in [-0.1, -0.05) is 0 Å². The number of nitrogens with zero attached hydrogens (tertiary/aromatic N) is 2. The first-order valence-electron chi connectivity index (χ1n) is 3.73. The first-order valence-corrected chi connectivity index (χ1v) is 3.73. The molecule has 0 saturated heterocycles. The molecule has 0 aliphatic heterocycles. The van der Waals surface area contributed by atoms with Crippen LogP contribution in [0.1, 0.15) is 10.4 Å². The number of carbonyl (C=O) groups is 1. The number of rotatable bonds is 3. The fourth-order valence-corrected chi connectivity index (χ4v) is 1.03. The second kappa shape index (κ2) is 3.81. The van der Waals surface area contributed by atoms with E-state index in [-0.39, 0.29) is 0 Å². The molecule has 1 aromatic carbocycles. The van der Waals surface area contributed by atoms with E-state index in [0.29, 0.717) is 12.1 Å². The van der Waals surface area contributed by atoms with Crippen LogP contribution in [0.3, 0.4) is 0 Å². The Morgan fingerprint density at radius 3 is 2.00 bits per heavy atom. The molecule has 0 radical (unpaired) electrons. The van der Waals surface area contributed by atoms with Crippen LogP contribution in [-0.2, 0) is 0 Å². The maximum absolute atomic E-state index is 10.6. The summed E-state index contributed by atoms with van der Waals surface area (Å²) in [5, 5.41) is 38.5. The monoisotopic (exact) mass is 228 g/mol. The van der Waals surface area contributed by atoms with Gasteiger partial charge in [-0.05, 0) is 0 Å². The SMILES string of the molecule is O=C(O)c1cc(O)c([N+](=O)[O-])cc1[N+](=O)[O-]. The summed E-state index contributed by atoms with van der Waals surface area (Å²) in [6, 6.07) is 0.872. The molecule has 0 heterocycles. The second-order valence-electron chi connectivity index (χ2n) is 2.68. The van der Waals surface area contributed by atoms with E-state index < -0.39 is 38.5 Å². The Morgan fingerprint density at radius 2 is 1.62 bits per heavy atom. The third kappa shape index (κ3) is 1.87. The van der Waals surface area contributed by atoms with Gasteiger partial charge in [0.25, 0.3) is 5.69 Å². The van der Waals surface area contributed by atoms with Crippen molar-refractivity contribution in [3.8, 4) is 5.75 Å². The number of carboxylic acid groups (broad SMARTS) is 1. The van der Waals surface area contributed by atoms with Crippen LogP contribution in [0.4, 0.5) is 11.4 Å². The molecule has 1 rings (SSSR count). The Hall–Kier alpha value is -2.71. The van der Waals surface area contributed by atoms with Gasteiger partial charge in [-0.15, -0.1) is 0 Å². The van der Waals surface area contributed by atoms with Crippen molar-refractivity contribution in [1.29, 1.82) is 0 Å². The highest BCUT2D eigenvalue weighted by atomic mass is 16.6. The van der Waals surface area contributed by atoms with Crippen LogP contribution >= 0.6 is 0 Å². The standard InChI is InChI=1S/C7H4N2O7/c10-6-1-3(7(11)12)4(8(13)14)2-5(6)9(15)16/h1-2,10H,(H,11,12). The van der Waals surface area contributed by atoms with Crippen LogP contribution in [0.25, 0.3) is 0 Å². The summed E-state index contributed by atoms with van der Waals surface area (Å²) < 4.78 is 0. The molecule has 0 aliphatic carbocycles. The molecular weight excluding hydrogens is 224 g/mol. The Balaban J connectivity index is 3.55. The fraction of sp³-hybridized carbons (Fsp3) is 0. The number of hydrogen-bond donors (Lipinski definition) is 2. The van der Waals surface area contributed by atoms with E-state index >= 15 is 0 Å². The average Bonchev–Trinajstić information content (AvgIpc) is 2.15. The molecule has 0 aliphatic rings. The van der Waals surface area contributed by atoms with E-state index in [1.54, 1.807) is 0 Å². The first-order chi connectivity index (χ1) is 7.34. The maximum atomic E-state index is 10.6. The van der Waals surface area contributed by atoms with Gasteiger partial charge in [0.15, 0.2) is 5.75 Å². The number of aromatic hydroxyl groups is 1. The largest absolute Gasteiger partial charge is 0.502 e. The van der Waals surface area contributed by atoms with Crippen molar-refractivity contribution in [3.05, 3.63) is 37.9 Å². The zero-order valence-electron chi connectivity index (χ0n) is 7.48. The minimum atomic E-state index is -1.66. The summed E-state index contributed by atoms with van der Waals surface area (Å²) in [5.74, 6) is -2.59. The van der Waals surface area contributed by atoms with Crippen molar-refractivity contribution in [2.24, 2.45) is 0 Å². The molecule has 0 unspecified atom stereocenters. The third-order valence-electron chi connectivity index (χ3n) is 1.72. The first kappa shape index (κ1) is 11.4. The van der Waals surface area contributed by atoms with E-state index in [1.807, 2.05) is 0 Å². The van der Waals surface area contributed by atoms with Crippen molar-refractivity contribution < 1.29 is 24.9 Å². The lowest BCUT2D eigenvalue weighted by Crippen LogP contribution is -2.03. The predicted octanol–water partition coefficient (Wildman–Crippen LogP) is 0.907. The minimum Gasteiger partial charge on any atom is -0.502 e. The molecule has 0 amide bonds. The lowest BCUT2D eigenvalue weighted by atomic mass is 10.1. The number of phenolic OH excluding ortho intramolecular Hbond substituents is 1. The van der Waals surface area contributed by atoms with Crippen molar-refractivity contribution in [2.45, 2.75) is 0 Å². The highest BCUT2D eigenvalue weighted by molar-refractivity contribution is 5.93. The van der Waals surface area contributed by atoms with Gasteiger partial charge in [-0.2, -0.15) is 0 Å². The Labute approximate surface area is 86.9 Å². The van der Waals surface area contributed by atoms with E-state index in [1.165, 1.54) is 0 Å². The number of benzene rings is 1. The molecule has 0 spiro atoms. The smallest absolute Gasteiger partial charge is 0.342 e. The van der Waals surface area contributed by atoms with Gasteiger partial charge >= 0.3 is 11.7 Å².